The van der Waals surface area contributed by atoms with Gasteiger partial charge in [-0.05, 0) is 6.07 Å². The fourth-order valence-electron chi connectivity index (χ4n) is 1.16. The minimum atomic E-state index is -0.578. The Hall–Kier alpha value is -1.78. The lowest BCUT2D eigenvalue weighted by Gasteiger charge is -1.93. The van der Waals surface area contributed by atoms with E-state index in [1.54, 1.807) is 0 Å². The van der Waals surface area contributed by atoms with Gasteiger partial charge in [-0.1, -0.05) is 22.7 Å². The van der Waals surface area contributed by atoms with Gasteiger partial charge in [0.15, 0.2) is 0 Å². The zero-order chi connectivity index (χ0) is 11.0. The lowest BCUT2D eigenvalue weighted by molar-refractivity contribution is -0.382. The van der Waals surface area contributed by atoms with Crippen LogP contribution in [0.5, 0.6) is 0 Å². The Balaban J connectivity index is 2.93. The molecule has 0 radical (unpaired) electrons. The van der Waals surface area contributed by atoms with Crippen LogP contribution in [0.25, 0.3) is 9.40 Å². The molecule has 7 heteroatoms. The van der Waals surface area contributed by atoms with E-state index in [-0.39, 0.29) is 15.3 Å². The number of nitro benzene ring substituents is 1. The van der Waals surface area contributed by atoms with Crippen LogP contribution in [-0.2, 0) is 0 Å². The molecule has 0 saturated heterocycles. The summed E-state index contributed by atoms with van der Waals surface area (Å²) in [6.45, 7) is 0. The van der Waals surface area contributed by atoms with Gasteiger partial charge in [0, 0.05) is 6.07 Å². The highest BCUT2D eigenvalue weighted by Crippen LogP contribution is 2.31. The molecular weight excluding hydrogens is 236 g/mol. The van der Waals surface area contributed by atoms with Crippen LogP contribution < -0.4 is 4.06 Å². The molecule has 0 saturated carbocycles. The van der Waals surface area contributed by atoms with Crippen LogP contribution in [0.3, 0.4) is 0 Å². The topological polar surface area (TPSA) is 84.0 Å². The average molecular weight is 238 g/mol. The molecule has 0 unspecified atom stereocenters. The molecule has 2 aromatic rings. The monoisotopic (exact) mass is 238 g/mol. The smallest absolute Gasteiger partial charge is 0.265 e. The normalized spacial score (nSPS) is 10.1. The number of fused-ring (bicyclic) bond motifs is 1. The number of nitrogens with zero attached hydrogens (tertiary/aromatic N) is 2. The number of benzene rings is 1. The van der Waals surface area contributed by atoms with E-state index in [0.717, 1.165) is 22.7 Å². The number of hydrogen-bond donors (Lipinski definition) is 0. The van der Waals surface area contributed by atoms with Crippen molar-refractivity contribution in [1.29, 1.82) is 5.26 Å². The molecule has 0 atom stereocenters. The third-order valence-corrected chi connectivity index (χ3v) is 3.88. The van der Waals surface area contributed by atoms with Crippen LogP contribution in [0.4, 0.5) is 5.69 Å². The number of non-ortho nitro benzene ring substituents is 1. The molecule has 0 N–H and O–H groups in total. The van der Waals surface area contributed by atoms with Crippen molar-refractivity contribution in [2.24, 2.45) is 0 Å². The Labute approximate surface area is 91.0 Å². The molecule has 0 aliphatic carbocycles. The highest BCUT2D eigenvalue weighted by Gasteiger charge is 2.16. The fourth-order valence-corrected chi connectivity index (χ4v) is 3.22. The molecule has 0 aliphatic heterocycles. The van der Waals surface area contributed by atoms with Crippen molar-refractivity contribution in [3.8, 4) is 6.07 Å². The summed E-state index contributed by atoms with van der Waals surface area (Å²) >= 11 is 1.76. The number of nitro groups is 1. The first-order chi connectivity index (χ1) is 7.11. The van der Waals surface area contributed by atoms with Gasteiger partial charge in [-0.25, -0.2) is 0 Å². The van der Waals surface area contributed by atoms with Gasteiger partial charge >= 0.3 is 0 Å². The second-order valence-corrected chi connectivity index (χ2v) is 4.90. The highest BCUT2D eigenvalue weighted by atomic mass is 32.2. The van der Waals surface area contributed by atoms with E-state index in [1.807, 2.05) is 6.07 Å². The maximum Gasteiger partial charge on any atom is 0.289 e. The van der Waals surface area contributed by atoms with E-state index in [0.29, 0.717) is 9.40 Å². The molecule has 2 rings (SSSR count). The molecule has 1 aromatic carbocycles. The summed E-state index contributed by atoms with van der Waals surface area (Å²) in [4.78, 5) is 21.2. The first-order valence-electron chi connectivity index (χ1n) is 3.74. The van der Waals surface area contributed by atoms with E-state index in [4.69, 9.17) is 5.26 Å². The van der Waals surface area contributed by atoms with Gasteiger partial charge in [0.2, 0.25) is 0 Å². The SMILES string of the molecule is N#Cc1cc([N+](=O)[O-])c2sc(=O)sc2c1. The van der Waals surface area contributed by atoms with Crippen molar-refractivity contribution in [3.05, 3.63) is 36.7 Å². The molecule has 0 fully saturated rings. The third-order valence-electron chi connectivity index (χ3n) is 1.74. The van der Waals surface area contributed by atoms with E-state index in [1.165, 1.54) is 12.1 Å². The lowest BCUT2D eigenvalue weighted by atomic mass is 10.2. The molecule has 0 amide bonds. The zero-order valence-electron chi connectivity index (χ0n) is 7.09. The van der Waals surface area contributed by atoms with Crippen LogP contribution in [0.15, 0.2) is 16.9 Å². The van der Waals surface area contributed by atoms with Gasteiger partial charge < -0.3 is 0 Å². The lowest BCUT2D eigenvalue weighted by Crippen LogP contribution is -1.88. The first-order valence-corrected chi connectivity index (χ1v) is 5.37. The Morgan fingerprint density at radius 1 is 1.40 bits per heavy atom. The molecule has 15 heavy (non-hydrogen) atoms. The summed E-state index contributed by atoms with van der Waals surface area (Å²) in [6.07, 6.45) is 0. The molecular formula is C8H2N2O3S2. The highest BCUT2D eigenvalue weighted by molar-refractivity contribution is 7.35. The first kappa shape index (κ1) is 9.76. The molecule has 5 nitrogen and oxygen atoms in total. The number of rotatable bonds is 1. The summed E-state index contributed by atoms with van der Waals surface area (Å²) in [6, 6.07) is 4.50. The van der Waals surface area contributed by atoms with Crippen LogP contribution in [0, 0.1) is 21.4 Å². The number of hydrogen-bond acceptors (Lipinski definition) is 6. The van der Waals surface area contributed by atoms with Crippen molar-refractivity contribution in [2.45, 2.75) is 0 Å². The van der Waals surface area contributed by atoms with E-state index in [9.17, 15) is 14.9 Å². The maximum atomic E-state index is 11.1. The van der Waals surface area contributed by atoms with E-state index >= 15 is 0 Å². The van der Waals surface area contributed by atoms with E-state index in [2.05, 4.69) is 0 Å². The maximum absolute atomic E-state index is 11.1. The molecule has 0 spiro atoms. The Kier molecular flexibility index (Phi) is 2.22. The van der Waals surface area contributed by atoms with Crippen LogP contribution in [0.2, 0.25) is 0 Å². The van der Waals surface area contributed by atoms with Crippen molar-refractivity contribution in [2.75, 3.05) is 0 Å². The van der Waals surface area contributed by atoms with Gasteiger partial charge in [0.1, 0.15) is 4.70 Å². The second kappa shape index (κ2) is 3.42. The predicted octanol–water partition coefficient (Wildman–Crippen LogP) is 2.10. The quantitative estimate of drug-likeness (QED) is 0.562. The van der Waals surface area contributed by atoms with Gasteiger partial charge in [-0.3, -0.25) is 14.9 Å². The minimum Gasteiger partial charge on any atom is -0.265 e. The van der Waals surface area contributed by atoms with Crippen molar-refractivity contribution >= 4 is 37.8 Å². The van der Waals surface area contributed by atoms with Gasteiger partial charge in [0.25, 0.3) is 9.74 Å². The fraction of sp³-hybridized carbons (Fsp3) is 0. The summed E-state index contributed by atoms with van der Waals surface area (Å²) in [5, 5.41) is 19.4. The summed E-state index contributed by atoms with van der Waals surface area (Å²) in [5.41, 5.74) is 0.0238. The van der Waals surface area contributed by atoms with Crippen molar-refractivity contribution in [3.63, 3.8) is 0 Å². The van der Waals surface area contributed by atoms with Crippen molar-refractivity contribution in [1.82, 2.24) is 0 Å². The van der Waals surface area contributed by atoms with E-state index < -0.39 is 4.92 Å². The summed E-state index contributed by atoms with van der Waals surface area (Å²) < 4.78 is 0.632. The predicted molar refractivity (Wildman–Crippen MR) is 57.3 cm³/mol. The molecule has 74 valence electrons. The van der Waals surface area contributed by atoms with Crippen LogP contribution in [-0.4, -0.2) is 4.92 Å². The van der Waals surface area contributed by atoms with Gasteiger partial charge in [0.05, 0.1) is 21.3 Å². The Morgan fingerprint density at radius 3 is 2.73 bits per heavy atom. The van der Waals surface area contributed by atoms with Gasteiger partial charge in [-0.2, -0.15) is 5.26 Å². The molecule has 0 bridgehead atoms. The summed E-state index contributed by atoms with van der Waals surface area (Å²) in [5.74, 6) is 0. The molecule has 1 aromatic heterocycles. The average Bonchev–Trinajstić information content (AvgIpc) is 2.55. The zero-order valence-corrected chi connectivity index (χ0v) is 8.72. The van der Waals surface area contributed by atoms with Crippen molar-refractivity contribution < 1.29 is 4.92 Å². The number of nitriles is 1. The minimum absolute atomic E-state index is 0.174. The van der Waals surface area contributed by atoms with Crippen LogP contribution in [0.1, 0.15) is 5.56 Å². The largest absolute Gasteiger partial charge is 0.289 e. The Morgan fingerprint density at radius 2 is 2.13 bits per heavy atom. The second-order valence-electron chi connectivity index (χ2n) is 2.65. The molecule has 0 aliphatic rings. The van der Waals surface area contributed by atoms with Crippen LogP contribution >= 0.6 is 22.7 Å². The molecule has 1 heterocycles. The summed E-state index contributed by atoms with van der Waals surface area (Å²) in [7, 11) is 0. The third kappa shape index (κ3) is 1.60. The van der Waals surface area contributed by atoms with Gasteiger partial charge in [-0.15, -0.1) is 0 Å². The Bertz CT molecular complexity index is 650. The standard InChI is InChI=1S/C8H2N2O3S2/c9-3-4-1-5(10(12)13)7-6(2-4)14-8(11)15-7/h1-2H.